The molecule has 4 rings (SSSR count). The first-order chi connectivity index (χ1) is 14.2. The summed E-state index contributed by atoms with van der Waals surface area (Å²) in [5.41, 5.74) is 3.18. The number of halogens is 1. The van der Waals surface area contributed by atoms with Crippen molar-refractivity contribution < 1.29 is 13.9 Å². The molecule has 0 aliphatic rings. The molecular weight excluding hydrogens is 367 g/mol. The van der Waals surface area contributed by atoms with Crippen LogP contribution in [0.25, 0.3) is 10.9 Å². The first kappa shape index (κ1) is 18.7. The highest BCUT2D eigenvalue weighted by molar-refractivity contribution is 5.78. The van der Waals surface area contributed by atoms with E-state index in [0.29, 0.717) is 12.0 Å². The number of benzene rings is 2. The molecule has 0 N–H and O–H groups in total. The Hall–Kier alpha value is -3.60. The van der Waals surface area contributed by atoms with Crippen molar-refractivity contribution in [3.8, 4) is 5.75 Å². The summed E-state index contributed by atoms with van der Waals surface area (Å²) < 4.78 is 20.2. The van der Waals surface area contributed by atoms with Crippen molar-refractivity contribution in [2.45, 2.75) is 18.9 Å². The second-order valence-electron chi connectivity index (χ2n) is 6.78. The Morgan fingerprint density at radius 3 is 2.62 bits per heavy atom. The lowest BCUT2D eigenvalue weighted by molar-refractivity contribution is -0.109. The summed E-state index contributed by atoms with van der Waals surface area (Å²) in [7, 11) is 0. The van der Waals surface area contributed by atoms with Crippen LogP contribution in [0.4, 0.5) is 4.39 Å². The Morgan fingerprint density at radius 1 is 1.00 bits per heavy atom. The van der Waals surface area contributed by atoms with Gasteiger partial charge >= 0.3 is 0 Å². The average Bonchev–Trinajstić information content (AvgIpc) is 2.77. The molecule has 4 aromatic rings. The number of aromatic nitrogens is 2. The van der Waals surface area contributed by atoms with Gasteiger partial charge in [-0.05, 0) is 53.9 Å². The number of ether oxygens (including phenoxy) is 1. The number of fused-ring (bicyclic) bond motifs is 1. The molecule has 0 aliphatic heterocycles. The van der Waals surface area contributed by atoms with Gasteiger partial charge in [0.1, 0.15) is 12.9 Å². The van der Waals surface area contributed by atoms with Crippen LogP contribution in [0.1, 0.15) is 22.7 Å². The van der Waals surface area contributed by atoms with E-state index in [0.717, 1.165) is 28.4 Å². The fourth-order valence-corrected chi connectivity index (χ4v) is 3.22. The summed E-state index contributed by atoms with van der Waals surface area (Å²) in [6.45, 7) is 0.162. The maximum absolute atomic E-state index is 14.6. The topological polar surface area (TPSA) is 52.1 Å². The highest BCUT2D eigenvalue weighted by Crippen LogP contribution is 2.25. The van der Waals surface area contributed by atoms with Crippen LogP contribution in [0.3, 0.4) is 0 Å². The molecule has 1 atom stereocenters. The molecule has 0 bridgehead atoms. The summed E-state index contributed by atoms with van der Waals surface area (Å²) in [4.78, 5) is 20.0. The average molecular weight is 386 g/mol. The molecule has 0 aliphatic carbocycles. The summed E-state index contributed by atoms with van der Waals surface area (Å²) in [5.74, 6) is -0.787. The summed E-state index contributed by atoms with van der Waals surface area (Å²) >= 11 is 0. The largest absolute Gasteiger partial charge is 0.484 e. The SMILES string of the molecule is O=CC(Cc1ccncc1)c1ccc(OCc2ccc3ccccc3n2)c(F)c1. The Morgan fingerprint density at radius 2 is 1.83 bits per heavy atom. The van der Waals surface area contributed by atoms with Crippen LogP contribution >= 0.6 is 0 Å². The highest BCUT2D eigenvalue weighted by atomic mass is 19.1. The number of carbonyl (C=O) groups excluding carboxylic acids is 1. The van der Waals surface area contributed by atoms with Crippen molar-refractivity contribution in [1.29, 1.82) is 0 Å². The lowest BCUT2D eigenvalue weighted by Gasteiger charge is -2.13. The third-order valence-electron chi connectivity index (χ3n) is 4.78. The number of carbonyl (C=O) groups is 1. The molecule has 0 radical (unpaired) electrons. The van der Waals surface area contributed by atoms with E-state index in [2.05, 4.69) is 9.97 Å². The fraction of sp³-hybridized carbons (Fsp3) is 0.125. The van der Waals surface area contributed by atoms with E-state index in [1.807, 2.05) is 48.5 Å². The van der Waals surface area contributed by atoms with Gasteiger partial charge < -0.3 is 9.53 Å². The van der Waals surface area contributed by atoms with Gasteiger partial charge in [-0.2, -0.15) is 0 Å². The van der Waals surface area contributed by atoms with E-state index in [1.54, 1.807) is 24.5 Å². The summed E-state index contributed by atoms with van der Waals surface area (Å²) in [6.07, 6.45) is 4.69. The summed E-state index contributed by atoms with van der Waals surface area (Å²) in [5, 5.41) is 1.04. The smallest absolute Gasteiger partial charge is 0.165 e. The van der Waals surface area contributed by atoms with E-state index in [1.165, 1.54) is 6.07 Å². The first-order valence-electron chi connectivity index (χ1n) is 9.34. The number of hydrogen-bond acceptors (Lipinski definition) is 4. The molecule has 0 spiro atoms. The van der Waals surface area contributed by atoms with Crippen LogP contribution in [0.15, 0.2) is 79.1 Å². The normalized spacial score (nSPS) is 11.9. The minimum atomic E-state index is -0.495. The minimum absolute atomic E-state index is 0.136. The predicted molar refractivity (Wildman–Crippen MR) is 109 cm³/mol. The zero-order valence-corrected chi connectivity index (χ0v) is 15.7. The molecule has 29 heavy (non-hydrogen) atoms. The van der Waals surface area contributed by atoms with Gasteiger partial charge in [-0.1, -0.05) is 30.3 Å². The number of rotatable bonds is 7. The zero-order chi connectivity index (χ0) is 20.1. The third-order valence-corrected chi connectivity index (χ3v) is 4.78. The van der Waals surface area contributed by atoms with Gasteiger partial charge in [0.25, 0.3) is 0 Å². The van der Waals surface area contributed by atoms with Gasteiger partial charge in [0.05, 0.1) is 11.2 Å². The molecule has 2 heterocycles. The van der Waals surface area contributed by atoms with Gasteiger partial charge in [0.2, 0.25) is 0 Å². The van der Waals surface area contributed by atoms with Gasteiger partial charge in [-0.3, -0.25) is 4.98 Å². The number of nitrogens with zero attached hydrogens (tertiary/aromatic N) is 2. The lowest BCUT2D eigenvalue weighted by atomic mass is 9.93. The monoisotopic (exact) mass is 386 g/mol. The van der Waals surface area contributed by atoms with E-state index < -0.39 is 11.7 Å². The number of pyridine rings is 2. The maximum Gasteiger partial charge on any atom is 0.165 e. The molecule has 0 saturated heterocycles. The van der Waals surface area contributed by atoms with E-state index >= 15 is 0 Å². The Balaban J connectivity index is 1.46. The van der Waals surface area contributed by atoms with Crippen LogP contribution in [0, 0.1) is 5.82 Å². The number of para-hydroxylation sites is 1. The minimum Gasteiger partial charge on any atom is -0.484 e. The van der Waals surface area contributed by atoms with Crippen molar-refractivity contribution in [3.05, 3.63) is 102 Å². The molecule has 5 heteroatoms. The van der Waals surface area contributed by atoms with Crippen LogP contribution in [-0.2, 0) is 17.8 Å². The lowest BCUT2D eigenvalue weighted by Crippen LogP contribution is -2.06. The molecule has 0 saturated carbocycles. The molecule has 144 valence electrons. The second-order valence-corrected chi connectivity index (χ2v) is 6.78. The highest BCUT2D eigenvalue weighted by Gasteiger charge is 2.15. The molecule has 4 nitrogen and oxygen atoms in total. The first-order valence-corrected chi connectivity index (χ1v) is 9.34. The van der Waals surface area contributed by atoms with Crippen molar-refractivity contribution in [3.63, 3.8) is 0 Å². The Bertz CT molecular complexity index is 1130. The van der Waals surface area contributed by atoms with Gasteiger partial charge in [-0.15, -0.1) is 0 Å². The van der Waals surface area contributed by atoms with E-state index in [-0.39, 0.29) is 12.4 Å². The van der Waals surface area contributed by atoms with Gasteiger partial charge in [0.15, 0.2) is 11.6 Å². The standard InChI is InChI=1S/C24H19FN2O2/c25-22-14-19(20(15-28)13-17-9-11-26-12-10-17)6-8-24(22)29-16-21-7-5-18-3-1-2-4-23(18)27-21/h1-12,14-15,20H,13,16H2. The molecule has 2 aromatic heterocycles. The van der Waals surface area contributed by atoms with Crippen LogP contribution in [0.2, 0.25) is 0 Å². The van der Waals surface area contributed by atoms with Crippen molar-refractivity contribution in [1.82, 2.24) is 9.97 Å². The van der Waals surface area contributed by atoms with Crippen LogP contribution in [0.5, 0.6) is 5.75 Å². The van der Waals surface area contributed by atoms with Gasteiger partial charge in [0, 0.05) is 23.7 Å². The van der Waals surface area contributed by atoms with Crippen LogP contribution < -0.4 is 4.74 Å². The zero-order valence-electron chi connectivity index (χ0n) is 15.7. The van der Waals surface area contributed by atoms with E-state index in [9.17, 15) is 9.18 Å². The van der Waals surface area contributed by atoms with Crippen molar-refractivity contribution in [2.24, 2.45) is 0 Å². The van der Waals surface area contributed by atoms with Crippen molar-refractivity contribution >= 4 is 17.2 Å². The predicted octanol–water partition coefficient (Wildman–Crippen LogP) is 4.87. The number of aldehydes is 1. The second kappa shape index (κ2) is 8.61. The molecule has 0 fully saturated rings. The molecule has 0 amide bonds. The van der Waals surface area contributed by atoms with Crippen LogP contribution in [-0.4, -0.2) is 16.3 Å². The quantitative estimate of drug-likeness (QED) is 0.425. The number of hydrogen-bond donors (Lipinski definition) is 0. The Labute approximate surface area is 168 Å². The summed E-state index contributed by atoms with van der Waals surface area (Å²) in [6, 6.07) is 20.0. The molecule has 2 aromatic carbocycles. The molecule has 1 unspecified atom stereocenters. The molecular formula is C24H19FN2O2. The fourth-order valence-electron chi connectivity index (χ4n) is 3.22. The van der Waals surface area contributed by atoms with Gasteiger partial charge in [-0.25, -0.2) is 9.37 Å². The van der Waals surface area contributed by atoms with E-state index in [4.69, 9.17) is 4.74 Å². The maximum atomic E-state index is 14.6. The Kier molecular flexibility index (Phi) is 5.56. The third kappa shape index (κ3) is 4.46. The van der Waals surface area contributed by atoms with Crippen molar-refractivity contribution in [2.75, 3.05) is 0 Å².